The molecule has 2 atom stereocenters. The summed E-state index contributed by atoms with van der Waals surface area (Å²) in [4.78, 5) is 26.7. The monoisotopic (exact) mass is 718 g/mol. The Labute approximate surface area is 301 Å². The maximum atomic E-state index is 14.0. The third-order valence-corrected chi connectivity index (χ3v) is 10.6. The van der Waals surface area contributed by atoms with Gasteiger partial charge in [0.15, 0.2) is 11.5 Å². The van der Waals surface area contributed by atoms with Gasteiger partial charge in [-0.2, -0.15) is 0 Å². The standard InChI is InChI=1S/C22H24F3N3O4.C18H21NO/c23-12-8-15(24)20(16(25)9-12)19-10-18(27-32-19)21(29)26-17-6-7-28(11-14(17)22(30)31)13-4-2-1-3-5-13;1-18(2,11-20-3)16-9-8-14-13-7-5-4-6-12(13)10-15(14)17(16)19/h8-10,13-14,17H,1-7,11H2,(H,26,29)(H,30,31);4-9H,10-11,19H2,1-3H3/t14-,17-;/m0./s1. The molecule has 0 radical (unpaired) electrons. The molecule has 3 aliphatic rings. The zero-order chi connectivity index (χ0) is 37.2. The van der Waals surface area contributed by atoms with Gasteiger partial charge in [0.05, 0.1) is 18.1 Å². The van der Waals surface area contributed by atoms with E-state index in [1.165, 1.54) is 34.2 Å². The number of nitrogens with two attached hydrogens (primary N) is 1. The first kappa shape index (κ1) is 37.1. The number of carboxylic acids is 1. The molecule has 0 unspecified atom stereocenters. The molecule has 4 N–H and O–H groups in total. The van der Waals surface area contributed by atoms with E-state index in [1.807, 2.05) is 0 Å². The van der Waals surface area contributed by atoms with Crippen LogP contribution in [0.3, 0.4) is 0 Å². The normalized spacial score (nSPS) is 19.0. The van der Waals surface area contributed by atoms with Crippen molar-refractivity contribution in [1.29, 1.82) is 0 Å². The molecule has 0 bridgehead atoms. The minimum Gasteiger partial charge on any atom is -0.481 e. The Morgan fingerprint density at radius 1 is 1.02 bits per heavy atom. The van der Waals surface area contributed by atoms with Crippen LogP contribution in [0, 0.1) is 23.4 Å². The van der Waals surface area contributed by atoms with Gasteiger partial charge in [-0.15, -0.1) is 0 Å². The van der Waals surface area contributed by atoms with E-state index in [2.05, 4.69) is 65.6 Å². The second-order valence-electron chi connectivity index (χ2n) is 14.6. The SMILES string of the molecule is COCC(C)(C)c1ccc2c(c1N)Cc1ccccc1-2.O=C(N[C@H]1CCN(C2CCCCC2)C[C@@H]1C(=O)O)c1cc(-c2c(F)cc(F)cc2F)on1. The van der Waals surface area contributed by atoms with E-state index in [1.54, 1.807) is 7.11 Å². The van der Waals surface area contributed by atoms with Gasteiger partial charge in [0, 0.05) is 68.0 Å². The molecule has 4 aromatic rings. The van der Waals surface area contributed by atoms with E-state index < -0.39 is 46.9 Å². The summed E-state index contributed by atoms with van der Waals surface area (Å²) in [7, 11) is 1.74. The summed E-state index contributed by atoms with van der Waals surface area (Å²) in [5.74, 6) is -6.31. The van der Waals surface area contributed by atoms with Crippen LogP contribution < -0.4 is 11.1 Å². The van der Waals surface area contributed by atoms with Gasteiger partial charge in [-0.3, -0.25) is 14.5 Å². The minimum absolute atomic E-state index is 0.0668. The number of carbonyl (C=O) groups is 2. The van der Waals surface area contributed by atoms with Crippen LogP contribution in [0.15, 0.2) is 59.1 Å². The van der Waals surface area contributed by atoms with Crippen LogP contribution in [0.4, 0.5) is 18.9 Å². The highest BCUT2D eigenvalue weighted by Crippen LogP contribution is 2.43. The Morgan fingerprint density at radius 2 is 1.73 bits per heavy atom. The highest BCUT2D eigenvalue weighted by molar-refractivity contribution is 5.93. The number of ether oxygens (including phenoxy) is 1. The topological polar surface area (TPSA) is 131 Å². The summed E-state index contributed by atoms with van der Waals surface area (Å²) in [6.45, 7) is 6.05. The van der Waals surface area contributed by atoms with Crippen molar-refractivity contribution in [3.8, 4) is 22.5 Å². The highest BCUT2D eigenvalue weighted by atomic mass is 19.1. The van der Waals surface area contributed by atoms with Gasteiger partial charge < -0.3 is 25.4 Å². The number of hydrogen-bond acceptors (Lipinski definition) is 7. The van der Waals surface area contributed by atoms with Gasteiger partial charge in [-0.25, -0.2) is 13.2 Å². The molecule has 0 spiro atoms. The van der Waals surface area contributed by atoms with E-state index in [9.17, 15) is 27.9 Å². The van der Waals surface area contributed by atoms with Crippen LogP contribution in [0.25, 0.3) is 22.5 Å². The second-order valence-corrected chi connectivity index (χ2v) is 14.6. The predicted molar refractivity (Wildman–Crippen MR) is 191 cm³/mol. The van der Waals surface area contributed by atoms with Crippen LogP contribution in [-0.4, -0.2) is 65.9 Å². The maximum absolute atomic E-state index is 14.0. The fourth-order valence-corrected chi connectivity index (χ4v) is 7.96. The molecule has 3 aromatic carbocycles. The summed E-state index contributed by atoms with van der Waals surface area (Å²) in [6, 6.07) is 14.7. The molecular formula is C40H45F3N4O5. The number of aromatic nitrogens is 1. The number of nitrogens with zero attached hydrogens (tertiary/aromatic N) is 2. The van der Waals surface area contributed by atoms with Gasteiger partial charge in [0.25, 0.3) is 5.91 Å². The van der Waals surface area contributed by atoms with Crippen molar-refractivity contribution in [3.63, 3.8) is 0 Å². The number of methoxy groups -OCH3 is 1. The summed E-state index contributed by atoms with van der Waals surface area (Å²) in [6.07, 6.45) is 7.00. The number of halogens is 3. The lowest BCUT2D eigenvalue weighted by Gasteiger charge is -2.42. The Hall–Kier alpha value is -4.68. The van der Waals surface area contributed by atoms with E-state index in [0.717, 1.165) is 43.9 Å². The van der Waals surface area contributed by atoms with Gasteiger partial charge in [-0.1, -0.05) is 74.7 Å². The van der Waals surface area contributed by atoms with Crippen LogP contribution in [0.1, 0.15) is 79.6 Å². The van der Waals surface area contributed by atoms with Gasteiger partial charge >= 0.3 is 5.97 Å². The quantitative estimate of drug-likeness (QED) is 0.142. The van der Waals surface area contributed by atoms with E-state index >= 15 is 0 Å². The molecule has 2 fully saturated rings. The number of rotatable bonds is 8. The first-order valence-corrected chi connectivity index (χ1v) is 17.8. The van der Waals surface area contributed by atoms with Crippen molar-refractivity contribution in [3.05, 3.63) is 94.4 Å². The molecule has 2 aliphatic carbocycles. The molecule has 2 heterocycles. The predicted octanol–water partition coefficient (Wildman–Crippen LogP) is 7.36. The van der Waals surface area contributed by atoms with Crippen molar-refractivity contribution in [2.45, 2.75) is 76.3 Å². The van der Waals surface area contributed by atoms with E-state index in [-0.39, 0.29) is 16.9 Å². The minimum atomic E-state index is -1.19. The Bertz CT molecular complexity index is 1920. The zero-order valence-corrected chi connectivity index (χ0v) is 29.7. The largest absolute Gasteiger partial charge is 0.481 e. The van der Waals surface area contributed by atoms with Crippen molar-refractivity contribution in [2.24, 2.45) is 5.92 Å². The molecule has 1 aromatic heterocycles. The van der Waals surface area contributed by atoms with Gasteiger partial charge in [-0.05, 0) is 47.1 Å². The molecule has 12 heteroatoms. The maximum Gasteiger partial charge on any atom is 0.309 e. The number of benzene rings is 3. The van der Waals surface area contributed by atoms with Gasteiger partial charge in [0.2, 0.25) is 0 Å². The third kappa shape index (κ3) is 7.73. The summed E-state index contributed by atoms with van der Waals surface area (Å²) >= 11 is 0. The smallest absolute Gasteiger partial charge is 0.309 e. The molecule has 1 aliphatic heterocycles. The fourth-order valence-electron chi connectivity index (χ4n) is 7.96. The van der Waals surface area contributed by atoms with Gasteiger partial charge in [0.1, 0.15) is 17.5 Å². The molecule has 1 saturated heterocycles. The van der Waals surface area contributed by atoms with Crippen LogP contribution in [0.5, 0.6) is 0 Å². The Morgan fingerprint density at radius 3 is 2.42 bits per heavy atom. The number of aliphatic carboxylic acids is 1. The lowest BCUT2D eigenvalue weighted by molar-refractivity contribution is -0.145. The summed E-state index contributed by atoms with van der Waals surface area (Å²) < 4.78 is 51.3. The van der Waals surface area contributed by atoms with Crippen LogP contribution in [-0.2, 0) is 21.4 Å². The number of likely N-dealkylation sites (tertiary alicyclic amines) is 1. The van der Waals surface area contributed by atoms with Crippen molar-refractivity contribution in [1.82, 2.24) is 15.4 Å². The molecule has 52 heavy (non-hydrogen) atoms. The van der Waals surface area contributed by atoms with Crippen molar-refractivity contribution < 1.29 is 37.1 Å². The number of amides is 1. The molecule has 1 amide bonds. The average molecular weight is 719 g/mol. The average Bonchev–Trinajstić information content (AvgIpc) is 3.75. The lowest BCUT2D eigenvalue weighted by Crippen LogP contribution is -2.56. The summed E-state index contributed by atoms with van der Waals surface area (Å²) in [5, 5.41) is 15.9. The number of piperidine rings is 1. The highest BCUT2D eigenvalue weighted by Gasteiger charge is 2.38. The van der Waals surface area contributed by atoms with E-state index in [4.69, 9.17) is 15.0 Å². The van der Waals surface area contributed by atoms with Crippen LogP contribution in [0.2, 0.25) is 0 Å². The number of nitrogen functional groups attached to an aromatic ring is 1. The number of fused-ring (bicyclic) bond motifs is 3. The second kappa shape index (κ2) is 15.5. The Balaban J connectivity index is 0.000000198. The number of carboxylic acid groups (broad SMARTS) is 1. The summed E-state index contributed by atoms with van der Waals surface area (Å²) in [5.41, 5.74) is 12.9. The number of hydrogen-bond donors (Lipinski definition) is 3. The van der Waals surface area contributed by atoms with E-state index in [0.29, 0.717) is 44.3 Å². The molecule has 276 valence electrons. The Kier molecular flexibility index (Phi) is 11.1. The van der Waals surface area contributed by atoms with Crippen molar-refractivity contribution in [2.75, 3.05) is 32.5 Å². The first-order valence-electron chi connectivity index (χ1n) is 17.8. The zero-order valence-electron chi connectivity index (χ0n) is 29.7. The third-order valence-electron chi connectivity index (χ3n) is 10.6. The number of nitrogens with one attached hydrogen (secondary N) is 1. The first-order chi connectivity index (χ1) is 24.9. The molecule has 9 nitrogen and oxygen atoms in total. The molecule has 7 rings (SSSR count). The molecule has 1 saturated carbocycles. The fraction of sp³-hybridized carbons (Fsp3) is 0.425. The van der Waals surface area contributed by atoms with Crippen LogP contribution >= 0.6 is 0 Å². The lowest BCUT2D eigenvalue weighted by atomic mass is 9.82. The molecular weight excluding hydrogens is 673 g/mol. The van der Waals surface area contributed by atoms with Crippen molar-refractivity contribution >= 4 is 17.6 Å². The number of carbonyl (C=O) groups excluding carboxylic acids is 1. The number of anilines is 1.